The van der Waals surface area contributed by atoms with Crippen LogP contribution in [0.1, 0.15) is 50.4 Å². The Morgan fingerprint density at radius 2 is 1.85 bits per heavy atom. The van der Waals surface area contributed by atoms with Crippen LogP contribution in [-0.4, -0.2) is 52.7 Å². The molecule has 3 rings (SSSR count). The van der Waals surface area contributed by atoms with E-state index in [0.717, 1.165) is 24.9 Å². The minimum atomic E-state index is 0.254. The number of hydrogen-bond donors (Lipinski definition) is 0. The van der Waals surface area contributed by atoms with Gasteiger partial charge in [-0.1, -0.05) is 0 Å². The molecule has 20 heavy (non-hydrogen) atoms. The molecular formula is C15H26N4O. The lowest BCUT2D eigenvalue weighted by Gasteiger charge is -2.36. The second-order valence-corrected chi connectivity index (χ2v) is 6.32. The van der Waals surface area contributed by atoms with Gasteiger partial charge in [0.15, 0.2) is 0 Å². The summed E-state index contributed by atoms with van der Waals surface area (Å²) in [6.45, 7) is 10.3. The second kappa shape index (κ2) is 6.22. The standard InChI is InChI=1S/C15H26N4O/c1-12(15-17-16-13(2)20-15)19-9-5-14(6-10-19)11-18-7-3-4-8-18/h12,14H,3-11H2,1-2H3/t12-/m1/s1. The molecule has 0 aliphatic carbocycles. The minimum absolute atomic E-state index is 0.254. The van der Waals surface area contributed by atoms with Crippen molar-refractivity contribution in [2.45, 2.75) is 45.6 Å². The molecule has 0 aromatic carbocycles. The Morgan fingerprint density at radius 3 is 2.45 bits per heavy atom. The van der Waals surface area contributed by atoms with Crippen LogP contribution in [0.4, 0.5) is 0 Å². The van der Waals surface area contributed by atoms with Crippen LogP contribution < -0.4 is 0 Å². The number of piperidine rings is 1. The number of nitrogens with zero attached hydrogens (tertiary/aromatic N) is 4. The molecule has 2 fully saturated rings. The zero-order valence-corrected chi connectivity index (χ0v) is 12.7. The Hall–Kier alpha value is -0.940. The summed E-state index contributed by atoms with van der Waals surface area (Å²) in [6, 6.07) is 0.254. The third kappa shape index (κ3) is 3.20. The van der Waals surface area contributed by atoms with Gasteiger partial charge in [0.25, 0.3) is 0 Å². The van der Waals surface area contributed by atoms with Crippen LogP contribution in [-0.2, 0) is 0 Å². The first-order valence-electron chi connectivity index (χ1n) is 7.99. The van der Waals surface area contributed by atoms with Crippen molar-refractivity contribution >= 4 is 0 Å². The fraction of sp³-hybridized carbons (Fsp3) is 0.867. The van der Waals surface area contributed by atoms with Crippen LogP contribution in [0.2, 0.25) is 0 Å². The van der Waals surface area contributed by atoms with Gasteiger partial charge < -0.3 is 9.32 Å². The van der Waals surface area contributed by atoms with Crippen LogP contribution >= 0.6 is 0 Å². The molecule has 0 radical (unpaired) electrons. The number of rotatable bonds is 4. The summed E-state index contributed by atoms with van der Waals surface area (Å²) >= 11 is 0. The monoisotopic (exact) mass is 278 g/mol. The number of hydrogen-bond acceptors (Lipinski definition) is 5. The van der Waals surface area contributed by atoms with Gasteiger partial charge in [-0.15, -0.1) is 10.2 Å². The summed E-state index contributed by atoms with van der Waals surface area (Å²) in [5.41, 5.74) is 0. The van der Waals surface area contributed by atoms with Gasteiger partial charge in [-0.25, -0.2) is 0 Å². The van der Waals surface area contributed by atoms with E-state index in [1.54, 1.807) is 0 Å². The third-order valence-electron chi connectivity index (χ3n) is 4.81. The van der Waals surface area contributed by atoms with Gasteiger partial charge in [-0.2, -0.15) is 0 Å². The van der Waals surface area contributed by atoms with Crippen molar-refractivity contribution in [2.75, 3.05) is 32.7 Å². The van der Waals surface area contributed by atoms with Gasteiger partial charge in [-0.05, 0) is 64.7 Å². The SMILES string of the molecule is Cc1nnc([C@@H](C)N2CCC(CN3CCCC3)CC2)o1. The smallest absolute Gasteiger partial charge is 0.233 e. The lowest BCUT2D eigenvalue weighted by Crippen LogP contribution is -2.39. The summed E-state index contributed by atoms with van der Waals surface area (Å²) in [7, 11) is 0. The lowest BCUT2D eigenvalue weighted by molar-refractivity contribution is 0.109. The van der Waals surface area contributed by atoms with Crippen molar-refractivity contribution in [3.63, 3.8) is 0 Å². The van der Waals surface area contributed by atoms with Gasteiger partial charge in [0, 0.05) is 13.5 Å². The van der Waals surface area contributed by atoms with E-state index in [1.807, 2.05) is 6.92 Å². The summed E-state index contributed by atoms with van der Waals surface area (Å²) in [5.74, 6) is 2.30. The maximum absolute atomic E-state index is 5.56. The van der Waals surface area contributed by atoms with E-state index >= 15 is 0 Å². The average Bonchev–Trinajstić information content (AvgIpc) is 3.10. The fourth-order valence-corrected chi connectivity index (χ4v) is 3.49. The molecule has 5 heteroatoms. The highest BCUT2D eigenvalue weighted by molar-refractivity contribution is 4.90. The van der Waals surface area contributed by atoms with E-state index in [2.05, 4.69) is 26.9 Å². The minimum Gasteiger partial charge on any atom is -0.424 e. The van der Waals surface area contributed by atoms with E-state index in [0.29, 0.717) is 5.89 Å². The predicted octanol–water partition coefficient (Wildman–Crippen LogP) is 2.25. The average molecular weight is 278 g/mol. The van der Waals surface area contributed by atoms with Gasteiger partial charge in [0.2, 0.25) is 11.8 Å². The zero-order chi connectivity index (χ0) is 13.9. The first-order chi connectivity index (χ1) is 9.72. The molecule has 1 atom stereocenters. The lowest BCUT2D eigenvalue weighted by atomic mass is 9.95. The molecule has 3 heterocycles. The Morgan fingerprint density at radius 1 is 1.15 bits per heavy atom. The van der Waals surface area contributed by atoms with E-state index in [-0.39, 0.29) is 6.04 Å². The molecule has 2 aliphatic rings. The molecule has 0 unspecified atom stereocenters. The molecule has 0 amide bonds. The Labute approximate surface area is 121 Å². The Balaban J connectivity index is 1.48. The van der Waals surface area contributed by atoms with Crippen molar-refractivity contribution in [3.8, 4) is 0 Å². The molecule has 0 bridgehead atoms. The van der Waals surface area contributed by atoms with Crippen molar-refractivity contribution in [3.05, 3.63) is 11.8 Å². The highest BCUT2D eigenvalue weighted by atomic mass is 16.4. The summed E-state index contributed by atoms with van der Waals surface area (Å²) in [5, 5.41) is 8.09. The molecule has 2 saturated heterocycles. The topological polar surface area (TPSA) is 45.4 Å². The van der Waals surface area contributed by atoms with Crippen molar-refractivity contribution in [2.24, 2.45) is 5.92 Å². The van der Waals surface area contributed by atoms with Crippen LogP contribution in [0.25, 0.3) is 0 Å². The summed E-state index contributed by atoms with van der Waals surface area (Å²) < 4.78 is 5.56. The van der Waals surface area contributed by atoms with E-state index in [1.165, 1.54) is 45.3 Å². The van der Waals surface area contributed by atoms with Gasteiger partial charge in [-0.3, -0.25) is 4.90 Å². The van der Waals surface area contributed by atoms with Crippen LogP contribution in [0.15, 0.2) is 4.42 Å². The number of aromatic nitrogens is 2. The highest BCUT2D eigenvalue weighted by Gasteiger charge is 2.27. The molecule has 112 valence electrons. The summed E-state index contributed by atoms with van der Waals surface area (Å²) in [4.78, 5) is 5.12. The molecule has 1 aromatic rings. The Kier molecular flexibility index (Phi) is 4.36. The summed E-state index contributed by atoms with van der Waals surface area (Å²) in [6.07, 6.45) is 5.39. The zero-order valence-electron chi connectivity index (χ0n) is 12.7. The van der Waals surface area contributed by atoms with Gasteiger partial charge in [0.05, 0.1) is 6.04 Å². The van der Waals surface area contributed by atoms with Crippen molar-refractivity contribution in [1.82, 2.24) is 20.0 Å². The molecule has 0 N–H and O–H groups in total. The molecule has 0 spiro atoms. The van der Waals surface area contributed by atoms with E-state index in [4.69, 9.17) is 4.42 Å². The van der Waals surface area contributed by atoms with Crippen LogP contribution in [0.5, 0.6) is 0 Å². The van der Waals surface area contributed by atoms with Crippen molar-refractivity contribution < 1.29 is 4.42 Å². The molecule has 1 aromatic heterocycles. The first-order valence-corrected chi connectivity index (χ1v) is 7.99. The molecular weight excluding hydrogens is 252 g/mol. The number of likely N-dealkylation sites (tertiary alicyclic amines) is 2. The Bertz CT molecular complexity index is 419. The second-order valence-electron chi connectivity index (χ2n) is 6.32. The first kappa shape index (κ1) is 14.0. The van der Waals surface area contributed by atoms with Gasteiger partial charge >= 0.3 is 0 Å². The number of aryl methyl sites for hydroxylation is 1. The molecule has 5 nitrogen and oxygen atoms in total. The maximum Gasteiger partial charge on any atom is 0.233 e. The quantitative estimate of drug-likeness (QED) is 0.845. The van der Waals surface area contributed by atoms with Crippen LogP contribution in [0.3, 0.4) is 0 Å². The molecule has 0 saturated carbocycles. The third-order valence-corrected chi connectivity index (χ3v) is 4.81. The largest absolute Gasteiger partial charge is 0.424 e. The highest BCUT2D eigenvalue weighted by Crippen LogP contribution is 2.27. The van der Waals surface area contributed by atoms with E-state index in [9.17, 15) is 0 Å². The molecule has 2 aliphatic heterocycles. The van der Waals surface area contributed by atoms with Crippen molar-refractivity contribution in [1.29, 1.82) is 0 Å². The normalized spacial score (nSPS) is 24.3. The predicted molar refractivity (Wildman–Crippen MR) is 77.4 cm³/mol. The van der Waals surface area contributed by atoms with E-state index < -0.39 is 0 Å². The van der Waals surface area contributed by atoms with Gasteiger partial charge in [0.1, 0.15) is 0 Å². The maximum atomic E-state index is 5.56. The fourth-order valence-electron chi connectivity index (χ4n) is 3.49. The van der Waals surface area contributed by atoms with Crippen LogP contribution in [0, 0.1) is 12.8 Å².